The molecule has 0 bridgehead atoms. The molecule has 0 aliphatic carbocycles. The van der Waals surface area contributed by atoms with E-state index in [1.54, 1.807) is 11.1 Å². The fourth-order valence-electron chi connectivity index (χ4n) is 3.05. The number of rotatable bonds is 3. The molecule has 114 valence electrons. The quantitative estimate of drug-likeness (QED) is 0.782. The number of amides is 2. The van der Waals surface area contributed by atoms with Crippen LogP contribution in [0.25, 0.3) is 0 Å². The summed E-state index contributed by atoms with van der Waals surface area (Å²) in [5, 5.41) is 2.87. The Bertz CT molecular complexity index is 541. The SMILES string of the molecule is CCc1nccn1CC(=O)N1CCN2CCNC(=O)[C@H]2C1. The van der Waals surface area contributed by atoms with Crippen molar-refractivity contribution in [2.24, 2.45) is 0 Å². The van der Waals surface area contributed by atoms with Crippen LogP contribution in [0.15, 0.2) is 12.4 Å². The van der Waals surface area contributed by atoms with Crippen LogP contribution in [0.3, 0.4) is 0 Å². The molecule has 2 aliphatic heterocycles. The van der Waals surface area contributed by atoms with Gasteiger partial charge in [-0.3, -0.25) is 14.5 Å². The Morgan fingerprint density at radius 3 is 3.10 bits per heavy atom. The van der Waals surface area contributed by atoms with Crippen LogP contribution in [0, 0.1) is 0 Å². The Morgan fingerprint density at radius 2 is 2.29 bits per heavy atom. The lowest BCUT2D eigenvalue weighted by molar-refractivity contribution is -0.140. The molecule has 0 saturated carbocycles. The number of hydrogen-bond acceptors (Lipinski definition) is 4. The highest BCUT2D eigenvalue weighted by Crippen LogP contribution is 2.13. The Balaban J connectivity index is 1.64. The van der Waals surface area contributed by atoms with Crippen molar-refractivity contribution in [3.05, 3.63) is 18.2 Å². The largest absolute Gasteiger partial charge is 0.353 e. The van der Waals surface area contributed by atoms with Gasteiger partial charge >= 0.3 is 0 Å². The second-order valence-corrected chi connectivity index (χ2v) is 5.51. The van der Waals surface area contributed by atoms with Crippen molar-refractivity contribution in [2.75, 3.05) is 32.7 Å². The van der Waals surface area contributed by atoms with Crippen molar-refractivity contribution >= 4 is 11.8 Å². The highest BCUT2D eigenvalue weighted by atomic mass is 16.2. The maximum absolute atomic E-state index is 12.4. The van der Waals surface area contributed by atoms with Gasteiger partial charge in [-0.1, -0.05) is 6.92 Å². The minimum atomic E-state index is -0.190. The summed E-state index contributed by atoms with van der Waals surface area (Å²) in [5.41, 5.74) is 0. The molecule has 0 unspecified atom stereocenters. The van der Waals surface area contributed by atoms with Gasteiger partial charge < -0.3 is 14.8 Å². The van der Waals surface area contributed by atoms with Gasteiger partial charge in [-0.15, -0.1) is 0 Å². The van der Waals surface area contributed by atoms with Gasteiger partial charge in [0.05, 0.1) is 0 Å². The molecule has 0 spiro atoms. The summed E-state index contributed by atoms with van der Waals surface area (Å²) >= 11 is 0. The first kappa shape index (κ1) is 14.1. The molecule has 2 fully saturated rings. The summed E-state index contributed by atoms with van der Waals surface area (Å²) in [5.74, 6) is 1.01. The zero-order valence-electron chi connectivity index (χ0n) is 12.3. The lowest BCUT2D eigenvalue weighted by Gasteiger charge is -2.43. The van der Waals surface area contributed by atoms with E-state index in [1.165, 1.54) is 0 Å². The Labute approximate surface area is 123 Å². The molecule has 2 amide bonds. The predicted octanol–water partition coefficient (Wildman–Crippen LogP) is -0.912. The van der Waals surface area contributed by atoms with Crippen LogP contribution < -0.4 is 5.32 Å². The van der Waals surface area contributed by atoms with E-state index in [-0.39, 0.29) is 17.9 Å². The number of aryl methyl sites for hydroxylation is 1. The fraction of sp³-hybridized carbons (Fsp3) is 0.643. The van der Waals surface area contributed by atoms with Crippen LogP contribution in [0.2, 0.25) is 0 Å². The van der Waals surface area contributed by atoms with Crippen LogP contribution in [0.4, 0.5) is 0 Å². The summed E-state index contributed by atoms with van der Waals surface area (Å²) < 4.78 is 1.88. The van der Waals surface area contributed by atoms with Crippen molar-refractivity contribution < 1.29 is 9.59 Å². The number of fused-ring (bicyclic) bond motifs is 1. The summed E-state index contributed by atoms with van der Waals surface area (Å²) in [4.78, 5) is 32.5. The van der Waals surface area contributed by atoms with Gasteiger partial charge in [0, 0.05) is 51.5 Å². The first-order valence-electron chi connectivity index (χ1n) is 7.48. The second kappa shape index (κ2) is 5.85. The molecule has 1 aromatic rings. The molecule has 3 rings (SSSR count). The van der Waals surface area contributed by atoms with E-state index < -0.39 is 0 Å². The van der Waals surface area contributed by atoms with E-state index >= 15 is 0 Å². The summed E-state index contributed by atoms with van der Waals surface area (Å²) in [6.45, 7) is 5.86. The van der Waals surface area contributed by atoms with Crippen molar-refractivity contribution in [1.29, 1.82) is 0 Å². The van der Waals surface area contributed by atoms with Crippen molar-refractivity contribution in [3.8, 4) is 0 Å². The fourth-order valence-corrected chi connectivity index (χ4v) is 3.05. The van der Waals surface area contributed by atoms with Crippen LogP contribution in [-0.2, 0) is 22.6 Å². The molecule has 2 saturated heterocycles. The highest BCUT2D eigenvalue weighted by molar-refractivity contribution is 5.84. The molecule has 7 nitrogen and oxygen atoms in total. The molecular formula is C14H21N5O2. The zero-order chi connectivity index (χ0) is 14.8. The number of piperazine rings is 2. The van der Waals surface area contributed by atoms with Gasteiger partial charge in [0.15, 0.2) is 0 Å². The van der Waals surface area contributed by atoms with Crippen LogP contribution >= 0.6 is 0 Å². The summed E-state index contributed by atoms with van der Waals surface area (Å²) in [7, 11) is 0. The lowest BCUT2D eigenvalue weighted by atomic mass is 10.1. The van der Waals surface area contributed by atoms with E-state index in [0.29, 0.717) is 26.2 Å². The average Bonchev–Trinajstić information content (AvgIpc) is 2.94. The standard InChI is InChI=1S/C14H21N5O2/c1-2-12-15-3-6-18(12)10-13(20)19-8-7-17-5-4-16-14(21)11(17)9-19/h3,6,11H,2,4-5,7-10H2,1H3,(H,16,21)/t11-/m1/s1. The molecular weight excluding hydrogens is 270 g/mol. The maximum Gasteiger partial charge on any atom is 0.242 e. The Kier molecular flexibility index (Phi) is 3.92. The van der Waals surface area contributed by atoms with Gasteiger partial charge in [0.1, 0.15) is 18.4 Å². The third-order valence-corrected chi connectivity index (χ3v) is 4.27. The molecule has 0 aromatic carbocycles. The molecule has 2 aliphatic rings. The Hall–Kier alpha value is -1.89. The van der Waals surface area contributed by atoms with Gasteiger partial charge in [-0.25, -0.2) is 4.98 Å². The third kappa shape index (κ3) is 2.78. The minimum Gasteiger partial charge on any atom is -0.353 e. The van der Waals surface area contributed by atoms with Crippen molar-refractivity contribution in [3.63, 3.8) is 0 Å². The van der Waals surface area contributed by atoms with Gasteiger partial charge in [-0.2, -0.15) is 0 Å². The molecule has 1 aromatic heterocycles. The molecule has 1 N–H and O–H groups in total. The van der Waals surface area contributed by atoms with Crippen LogP contribution in [-0.4, -0.2) is 69.9 Å². The third-order valence-electron chi connectivity index (χ3n) is 4.27. The number of aromatic nitrogens is 2. The molecule has 3 heterocycles. The lowest BCUT2D eigenvalue weighted by Crippen LogP contribution is -2.64. The van der Waals surface area contributed by atoms with Crippen molar-refractivity contribution in [2.45, 2.75) is 25.9 Å². The van der Waals surface area contributed by atoms with Crippen LogP contribution in [0.5, 0.6) is 0 Å². The zero-order valence-corrected chi connectivity index (χ0v) is 12.3. The Morgan fingerprint density at radius 1 is 1.43 bits per heavy atom. The van der Waals surface area contributed by atoms with Gasteiger partial charge in [0.2, 0.25) is 11.8 Å². The number of carbonyl (C=O) groups excluding carboxylic acids is 2. The predicted molar refractivity (Wildman–Crippen MR) is 76.6 cm³/mol. The normalized spacial score (nSPS) is 22.8. The molecule has 21 heavy (non-hydrogen) atoms. The van der Waals surface area contributed by atoms with E-state index in [4.69, 9.17) is 0 Å². The highest BCUT2D eigenvalue weighted by Gasteiger charge is 2.36. The van der Waals surface area contributed by atoms with E-state index in [1.807, 2.05) is 17.7 Å². The summed E-state index contributed by atoms with van der Waals surface area (Å²) in [6, 6.07) is -0.190. The van der Waals surface area contributed by atoms with E-state index in [2.05, 4.69) is 15.2 Å². The number of imidazole rings is 1. The number of nitrogens with one attached hydrogen (secondary N) is 1. The minimum absolute atomic E-state index is 0.0376. The molecule has 1 atom stereocenters. The number of carbonyl (C=O) groups is 2. The van der Waals surface area contributed by atoms with Crippen LogP contribution in [0.1, 0.15) is 12.7 Å². The second-order valence-electron chi connectivity index (χ2n) is 5.51. The first-order valence-corrected chi connectivity index (χ1v) is 7.48. The average molecular weight is 291 g/mol. The monoisotopic (exact) mass is 291 g/mol. The van der Waals surface area contributed by atoms with Gasteiger partial charge in [-0.05, 0) is 0 Å². The van der Waals surface area contributed by atoms with E-state index in [9.17, 15) is 9.59 Å². The topological polar surface area (TPSA) is 70.5 Å². The van der Waals surface area contributed by atoms with Gasteiger partial charge in [0.25, 0.3) is 0 Å². The smallest absolute Gasteiger partial charge is 0.242 e. The molecule has 7 heteroatoms. The number of nitrogens with zero attached hydrogens (tertiary/aromatic N) is 4. The van der Waals surface area contributed by atoms with E-state index in [0.717, 1.165) is 25.3 Å². The maximum atomic E-state index is 12.4. The molecule has 0 radical (unpaired) electrons. The number of hydrogen-bond donors (Lipinski definition) is 1. The first-order chi connectivity index (χ1) is 10.2. The summed E-state index contributed by atoms with van der Waals surface area (Å²) in [6.07, 6.45) is 4.36. The van der Waals surface area contributed by atoms with Crippen molar-refractivity contribution in [1.82, 2.24) is 24.7 Å².